The first-order valence-electron chi connectivity index (χ1n) is 7.06. The van der Waals surface area contributed by atoms with Crippen molar-refractivity contribution in [3.05, 3.63) is 71.0 Å². The van der Waals surface area contributed by atoms with E-state index in [2.05, 4.69) is 5.32 Å². The van der Waals surface area contributed by atoms with Gasteiger partial charge in [-0.25, -0.2) is 13.2 Å². The number of halogens is 3. The van der Waals surface area contributed by atoms with Crippen LogP contribution in [0.2, 0.25) is 0 Å². The van der Waals surface area contributed by atoms with Crippen molar-refractivity contribution in [2.24, 2.45) is 0 Å². The molecule has 2 aromatic rings. The molecule has 0 bridgehead atoms. The molecule has 0 spiro atoms. The summed E-state index contributed by atoms with van der Waals surface area (Å²) >= 11 is 0. The summed E-state index contributed by atoms with van der Waals surface area (Å²) in [4.78, 5) is 11.9. The molecule has 122 valence electrons. The van der Waals surface area contributed by atoms with Gasteiger partial charge in [0.2, 0.25) is 0 Å². The molecule has 2 aromatic carbocycles. The van der Waals surface area contributed by atoms with Crippen molar-refractivity contribution in [2.75, 3.05) is 0 Å². The number of hydrogen-bond acceptors (Lipinski definition) is 2. The second-order valence-corrected chi connectivity index (χ2v) is 5.26. The molecule has 0 fully saturated rings. The first kappa shape index (κ1) is 17.0. The van der Waals surface area contributed by atoms with Crippen molar-refractivity contribution in [3.63, 3.8) is 0 Å². The van der Waals surface area contributed by atoms with Crippen molar-refractivity contribution in [1.29, 1.82) is 0 Å². The topological polar surface area (TPSA) is 49.3 Å². The van der Waals surface area contributed by atoms with E-state index < -0.39 is 41.1 Å². The molecule has 3 nitrogen and oxygen atoms in total. The molecule has 23 heavy (non-hydrogen) atoms. The molecule has 0 saturated carbocycles. The maximum absolute atomic E-state index is 13.6. The number of carbonyl (C=O) groups is 1. The Morgan fingerprint density at radius 1 is 1.13 bits per heavy atom. The van der Waals surface area contributed by atoms with Gasteiger partial charge in [-0.05, 0) is 12.5 Å². The van der Waals surface area contributed by atoms with Crippen LogP contribution >= 0.6 is 0 Å². The predicted molar refractivity (Wildman–Crippen MR) is 79.4 cm³/mol. The van der Waals surface area contributed by atoms with Crippen molar-refractivity contribution in [2.45, 2.75) is 25.5 Å². The zero-order chi connectivity index (χ0) is 17.0. The molecule has 0 aromatic heterocycles. The van der Waals surface area contributed by atoms with E-state index in [4.69, 9.17) is 0 Å². The molecule has 2 unspecified atom stereocenters. The standard InChI is InChI=1S/C17H16F3NO2/c1-10(15(22)7-11-5-3-2-4-6-11)21-17(23)16-13(19)8-12(18)9-14(16)20/h2-6,8-10,15,22H,7H2,1H3,(H,21,23). The predicted octanol–water partition coefficient (Wildman–Crippen LogP) is 2.83. The van der Waals surface area contributed by atoms with Gasteiger partial charge in [0.05, 0.1) is 12.1 Å². The molecular weight excluding hydrogens is 307 g/mol. The molecule has 2 atom stereocenters. The second-order valence-electron chi connectivity index (χ2n) is 5.26. The number of hydrogen-bond donors (Lipinski definition) is 2. The van der Waals surface area contributed by atoms with Crippen LogP contribution in [-0.4, -0.2) is 23.2 Å². The zero-order valence-electron chi connectivity index (χ0n) is 12.4. The highest BCUT2D eigenvalue weighted by Crippen LogP contribution is 2.15. The van der Waals surface area contributed by atoms with Crippen LogP contribution in [0, 0.1) is 17.5 Å². The number of amides is 1. The summed E-state index contributed by atoms with van der Waals surface area (Å²) < 4.78 is 40.0. The highest BCUT2D eigenvalue weighted by Gasteiger charge is 2.23. The number of aliphatic hydroxyl groups is 1. The lowest BCUT2D eigenvalue weighted by molar-refractivity contribution is 0.0843. The molecule has 0 radical (unpaired) electrons. The summed E-state index contributed by atoms with van der Waals surface area (Å²) in [5.41, 5.74) is -0.00889. The smallest absolute Gasteiger partial charge is 0.257 e. The number of aliphatic hydroxyl groups excluding tert-OH is 1. The van der Waals surface area contributed by atoms with Crippen molar-refractivity contribution in [1.82, 2.24) is 5.32 Å². The minimum atomic E-state index is -1.29. The Morgan fingerprint density at radius 2 is 1.70 bits per heavy atom. The van der Waals surface area contributed by atoms with Gasteiger partial charge in [-0.2, -0.15) is 0 Å². The molecule has 1 amide bonds. The van der Waals surface area contributed by atoms with Crippen LogP contribution in [-0.2, 0) is 6.42 Å². The number of nitrogens with one attached hydrogen (secondary N) is 1. The fourth-order valence-electron chi connectivity index (χ4n) is 2.17. The van der Waals surface area contributed by atoms with Gasteiger partial charge in [0.1, 0.15) is 23.0 Å². The van der Waals surface area contributed by atoms with E-state index in [1.54, 1.807) is 0 Å². The minimum absolute atomic E-state index is 0.274. The number of benzene rings is 2. The summed E-state index contributed by atoms with van der Waals surface area (Å²) in [6.45, 7) is 1.52. The average molecular weight is 323 g/mol. The Bertz CT molecular complexity index is 668. The minimum Gasteiger partial charge on any atom is -0.391 e. The molecule has 0 aliphatic carbocycles. The lowest BCUT2D eigenvalue weighted by Gasteiger charge is -2.20. The van der Waals surface area contributed by atoms with E-state index in [1.807, 2.05) is 30.3 Å². The summed E-state index contributed by atoms with van der Waals surface area (Å²) in [6.07, 6.45) is -0.663. The molecular formula is C17H16F3NO2. The Kier molecular flexibility index (Phi) is 5.39. The SMILES string of the molecule is CC(NC(=O)c1c(F)cc(F)cc1F)C(O)Cc1ccccc1. The summed E-state index contributed by atoms with van der Waals surface area (Å²) in [7, 11) is 0. The third-order valence-electron chi connectivity index (χ3n) is 3.46. The van der Waals surface area contributed by atoms with Crippen LogP contribution < -0.4 is 5.32 Å². The maximum Gasteiger partial charge on any atom is 0.257 e. The maximum atomic E-state index is 13.6. The fourth-order valence-corrected chi connectivity index (χ4v) is 2.17. The van der Waals surface area contributed by atoms with Crippen molar-refractivity contribution in [3.8, 4) is 0 Å². The van der Waals surface area contributed by atoms with E-state index >= 15 is 0 Å². The van der Waals surface area contributed by atoms with E-state index in [9.17, 15) is 23.1 Å². The molecule has 6 heteroatoms. The molecule has 0 saturated heterocycles. The number of rotatable bonds is 5. The quantitative estimate of drug-likeness (QED) is 0.889. The lowest BCUT2D eigenvalue weighted by Crippen LogP contribution is -2.42. The first-order chi connectivity index (χ1) is 10.9. The van der Waals surface area contributed by atoms with E-state index in [1.165, 1.54) is 6.92 Å². The van der Waals surface area contributed by atoms with Crippen LogP contribution in [0.3, 0.4) is 0 Å². The highest BCUT2D eigenvalue weighted by atomic mass is 19.1. The Hall–Kier alpha value is -2.34. The van der Waals surface area contributed by atoms with Gasteiger partial charge < -0.3 is 10.4 Å². The Labute approximate surface area is 131 Å². The van der Waals surface area contributed by atoms with Crippen molar-refractivity contribution < 1.29 is 23.1 Å². The van der Waals surface area contributed by atoms with Crippen LogP contribution in [0.25, 0.3) is 0 Å². The molecule has 0 aliphatic rings. The van der Waals surface area contributed by atoms with Gasteiger partial charge in [0.25, 0.3) is 5.91 Å². The van der Waals surface area contributed by atoms with E-state index in [-0.39, 0.29) is 6.42 Å². The zero-order valence-corrected chi connectivity index (χ0v) is 12.4. The second kappa shape index (κ2) is 7.28. The third-order valence-corrected chi connectivity index (χ3v) is 3.46. The fraction of sp³-hybridized carbons (Fsp3) is 0.235. The van der Waals surface area contributed by atoms with Crippen molar-refractivity contribution >= 4 is 5.91 Å². The molecule has 2 rings (SSSR count). The normalized spacial score (nSPS) is 13.4. The van der Waals surface area contributed by atoms with Crippen LogP contribution in [0.5, 0.6) is 0 Å². The molecule has 0 aliphatic heterocycles. The van der Waals surface area contributed by atoms with Crippen LogP contribution in [0.4, 0.5) is 13.2 Å². The molecule has 2 N–H and O–H groups in total. The van der Waals surface area contributed by atoms with Crippen LogP contribution in [0.15, 0.2) is 42.5 Å². The van der Waals surface area contributed by atoms with E-state index in [0.29, 0.717) is 12.1 Å². The largest absolute Gasteiger partial charge is 0.391 e. The average Bonchev–Trinajstić information content (AvgIpc) is 2.47. The summed E-state index contributed by atoms with van der Waals surface area (Å²) in [6, 6.07) is 9.22. The van der Waals surface area contributed by atoms with Gasteiger partial charge in [-0.3, -0.25) is 4.79 Å². The third kappa shape index (κ3) is 4.32. The van der Waals surface area contributed by atoms with E-state index in [0.717, 1.165) is 5.56 Å². The van der Waals surface area contributed by atoms with Gasteiger partial charge in [-0.1, -0.05) is 30.3 Å². The lowest BCUT2D eigenvalue weighted by atomic mass is 10.0. The summed E-state index contributed by atoms with van der Waals surface area (Å²) in [5.74, 6) is -4.72. The monoisotopic (exact) mass is 323 g/mol. The van der Waals surface area contributed by atoms with Gasteiger partial charge in [-0.15, -0.1) is 0 Å². The Morgan fingerprint density at radius 3 is 2.26 bits per heavy atom. The van der Waals surface area contributed by atoms with Gasteiger partial charge in [0, 0.05) is 18.6 Å². The number of carbonyl (C=O) groups excluding carboxylic acids is 1. The first-order valence-corrected chi connectivity index (χ1v) is 7.06. The molecule has 0 heterocycles. The van der Waals surface area contributed by atoms with Crippen LogP contribution in [0.1, 0.15) is 22.8 Å². The summed E-state index contributed by atoms with van der Waals surface area (Å²) in [5, 5.41) is 12.4. The van der Waals surface area contributed by atoms with Gasteiger partial charge in [0.15, 0.2) is 0 Å². The highest BCUT2D eigenvalue weighted by molar-refractivity contribution is 5.94. The van der Waals surface area contributed by atoms with Gasteiger partial charge >= 0.3 is 0 Å². The Balaban J connectivity index is 2.05.